The second-order valence-electron chi connectivity index (χ2n) is 7.07. The topological polar surface area (TPSA) is 87.3 Å². The third kappa shape index (κ3) is 4.76. The van der Waals surface area contributed by atoms with Crippen molar-refractivity contribution in [3.05, 3.63) is 29.3 Å². The van der Waals surface area contributed by atoms with Gasteiger partial charge in [0, 0.05) is 36.7 Å². The standard InChI is InChI=1S/C16H25N3O3S/c1-11-5-6-13(23(21,22)19-16(2,3)4)7-14(11)15(20)18-10-12-8-17-9-12/h5-7,12,17,19H,8-10H2,1-4H3,(H,18,20). The quantitative estimate of drug-likeness (QED) is 0.747. The number of rotatable bonds is 5. The maximum atomic E-state index is 12.4. The van der Waals surface area contributed by atoms with Gasteiger partial charge in [-0.3, -0.25) is 4.79 Å². The van der Waals surface area contributed by atoms with Gasteiger partial charge in [-0.05, 0) is 45.4 Å². The number of benzene rings is 1. The van der Waals surface area contributed by atoms with Gasteiger partial charge in [-0.25, -0.2) is 13.1 Å². The second-order valence-corrected chi connectivity index (χ2v) is 8.75. The fraction of sp³-hybridized carbons (Fsp3) is 0.562. The molecule has 0 aliphatic carbocycles. The fourth-order valence-corrected chi connectivity index (χ4v) is 3.74. The van der Waals surface area contributed by atoms with Crippen LogP contribution in [0.1, 0.15) is 36.7 Å². The first-order valence-corrected chi connectivity index (χ1v) is 9.20. The van der Waals surface area contributed by atoms with E-state index in [1.807, 2.05) is 0 Å². The number of sulfonamides is 1. The second kappa shape index (κ2) is 6.59. The molecule has 0 radical (unpaired) electrons. The molecule has 3 N–H and O–H groups in total. The largest absolute Gasteiger partial charge is 0.352 e. The van der Waals surface area contributed by atoms with E-state index in [0.29, 0.717) is 18.0 Å². The molecule has 0 unspecified atom stereocenters. The fourth-order valence-electron chi connectivity index (χ4n) is 2.30. The van der Waals surface area contributed by atoms with Gasteiger partial charge in [-0.2, -0.15) is 0 Å². The molecule has 1 fully saturated rings. The Morgan fingerprint density at radius 1 is 1.30 bits per heavy atom. The van der Waals surface area contributed by atoms with E-state index in [1.54, 1.807) is 33.8 Å². The summed E-state index contributed by atoms with van der Waals surface area (Å²) in [6.45, 7) is 9.54. The van der Waals surface area contributed by atoms with Crippen LogP contribution in [-0.4, -0.2) is 39.5 Å². The van der Waals surface area contributed by atoms with Crippen LogP contribution < -0.4 is 15.4 Å². The van der Waals surface area contributed by atoms with Gasteiger partial charge < -0.3 is 10.6 Å². The summed E-state index contributed by atoms with van der Waals surface area (Å²) in [7, 11) is -3.66. The monoisotopic (exact) mass is 339 g/mol. The zero-order chi connectivity index (χ0) is 17.3. The number of nitrogens with one attached hydrogen (secondary N) is 3. The molecule has 1 aliphatic heterocycles. The molecule has 128 valence electrons. The molecule has 1 aromatic carbocycles. The molecule has 1 aromatic rings. The summed E-state index contributed by atoms with van der Waals surface area (Å²) in [5, 5.41) is 6.02. The maximum Gasteiger partial charge on any atom is 0.251 e. The number of amides is 1. The highest BCUT2D eigenvalue weighted by Gasteiger charge is 2.24. The number of carbonyl (C=O) groups excluding carboxylic acids is 1. The van der Waals surface area contributed by atoms with Crippen LogP contribution in [0, 0.1) is 12.8 Å². The van der Waals surface area contributed by atoms with Crippen LogP contribution in [0.25, 0.3) is 0 Å². The summed E-state index contributed by atoms with van der Waals surface area (Å²) in [5.41, 5.74) is 0.571. The van der Waals surface area contributed by atoms with Crippen LogP contribution in [0.2, 0.25) is 0 Å². The van der Waals surface area contributed by atoms with E-state index in [-0.39, 0.29) is 10.8 Å². The summed E-state index contributed by atoms with van der Waals surface area (Å²) in [4.78, 5) is 12.4. The van der Waals surface area contributed by atoms with Crippen molar-refractivity contribution in [1.29, 1.82) is 0 Å². The maximum absolute atomic E-state index is 12.4. The van der Waals surface area contributed by atoms with Crippen LogP contribution in [0.15, 0.2) is 23.1 Å². The highest BCUT2D eigenvalue weighted by atomic mass is 32.2. The normalized spacial score (nSPS) is 16.0. The molecule has 0 saturated carbocycles. The SMILES string of the molecule is Cc1ccc(S(=O)(=O)NC(C)(C)C)cc1C(=O)NCC1CNC1. The minimum atomic E-state index is -3.66. The third-order valence-electron chi connectivity index (χ3n) is 3.62. The lowest BCUT2D eigenvalue weighted by atomic mass is 10.0. The van der Waals surface area contributed by atoms with E-state index < -0.39 is 15.6 Å². The minimum absolute atomic E-state index is 0.105. The van der Waals surface area contributed by atoms with Crippen molar-refractivity contribution in [2.45, 2.75) is 38.1 Å². The molecule has 1 saturated heterocycles. The Bertz CT molecular complexity index is 689. The van der Waals surface area contributed by atoms with Gasteiger partial charge in [0.15, 0.2) is 0 Å². The van der Waals surface area contributed by atoms with Crippen molar-refractivity contribution in [2.75, 3.05) is 19.6 Å². The molecule has 7 heteroatoms. The average molecular weight is 339 g/mol. The van der Waals surface area contributed by atoms with E-state index in [4.69, 9.17) is 0 Å². The molecule has 6 nitrogen and oxygen atoms in total. The molecule has 1 heterocycles. The van der Waals surface area contributed by atoms with E-state index >= 15 is 0 Å². The first-order chi connectivity index (χ1) is 10.6. The smallest absolute Gasteiger partial charge is 0.251 e. The molecule has 0 aromatic heterocycles. The van der Waals surface area contributed by atoms with E-state index in [0.717, 1.165) is 18.7 Å². The summed E-state index contributed by atoms with van der Waals surface area (Å²) in [6.07, 6.45) is 0. The zero-order valence-electron chi connectivity index (χ0n) is 14.1. The molecule has 0 spiro atoms. The van der Waals surface area contributed by atoms with Gasteiger partial charge in [-0.15, -0.1) is 0 Å². The van der Waals surface area contributed by atoms with Gasteiger partial charge in [0.25, 0.3) is 5.91 Å². The van der Waals surface area contributed by atoms with E-state index in [2.05, 4.69) is 15.4 Å². The minimum Gasteiger partial charge on any atom is -0.352 e. The Kier molecular flexibility index (Phi) is 5.13. The Hall–Kier alpha value is -1.44. The molecule has 23 heavy (non-hydrogen) atoms. The highest BCUT2D eigenvalue weighted by molar-refractivity contribution is 7.89. The predicted molar refractivity (Wildman–Crippen MR) is 89.9 cm³/mol. The molecule has 0 atom stereocenters. The number of hydrogen-bond acceptors (Lipinski definition) is 4. The lowest BCUT2D eigenvalue weighted by molar-refractivity contribution is 0.0941. The van der Waals surface area contributed by atoms with Crippen LogP contribution >= 0.6 is 0 Å². The van der Waals surface area contributed by atoms with E-state index in [9.17, 15) is 13.2 Å². The van der Waals surface area contributed by atoms with E-state index in [1.165, 1.54) is 12.1 Å². The van der Waals surface area contributed by atoms with Crippen LogP contribution in [0.4, 0.5) is 0 Å². The molecular weight excluding hydrogens is 314 g/mol. The van der Waals surface area contributed by atoms with Crippen molar-refractivity contribution in [1.82, 2.24) is 15.4 Å². The van der Waals surface area contributed by atoms with Gasteiger partial charge >= 0.3 is 0 Å². The lowest BCUT2D eigenvalue weighted by Crippen LogP contribution is -2.48. The van der Waals surface area contributed by atoms with Gasteiger partial charge in [-0.1, -0.05) is 6.07 Å². The molecule has 0 bridgehead atoms. The number of carbonyl (C=O) groups is 1. The Morgan fingerprint density at radius 3 is 2.48 bits per heavy atom. The predicted octanol–water partition coefficient (Wildman–Crippen LogP) is 1.02. The molecule has 1 amide bonds. The van der Waals surface area contributed by atoms with Gasteiger partial charge in [0.1, 0.15) is 0 Å². The first kappa shape index (κ1) is 17.9. The van der Waals surface area contributed by atoms with Crippen LogP contribution in [0.3, 0.4) is 0 Å². The lowest BCUT2D eigenvalue weighted by Gasteiger charge is -2.27. The van der Waals surface area contributed by atoms with Crippen molar-refractivity contribution in [3.63, 3.8) is 0 Å². The molecule has 1 aliphatic rings. The summed E-state index contributed by atoms with van der Waals surface area (Å²) in [6, 6.07) is 4.63. The van der Waals surface area contributed by atoms with Crippen molar-refractivity contribution >= 4 is 15.9 Å². The van der Waals surface area contributed by atoms with Gasteiger partial charge in [0.05, 0.1) is 4.90 Å². The van der Waals surface area contributed by atoms with Gasteiger partial charge in [0.2, 0.25) is 10.0 Å². The van der Waals surface area contributed by atoms with Crippen LogP contribution in [-0.2, 0) is 10.0 Å². The molecule has 2 rings (SSSR count). The summed E-state index contributed by atoms with van der Waals surface area (Å²) >= 11 is 0. The Labute approximate surface area is 138 Å². The number of hydrogen-bond donors (Lipinski definition) is 3. The Morgan fingerprint density at radius 2 is 1.96 bits per heavy atom. The highest BCUT2D eigenvalue weighted by Crippen LogP contribution is 2.18. The van der Waals surface area contributed by atoms with Crippen LogP contribution in [0.5, 0.6) is 0 Å². The zero-order valence-corrected chi connectivity index (χ0v) is 14.9. The summed E-state index contributed by atoms with van der Waals surface area (Å²) in [5.74, 6) is 0.218. The number of aryl methyl sites for hydroxylation is 1. The van der Waals surface area contributed by atoms with Crippen molar-refractivity contribution in [2.24, 2.45) is 5.92 Å². The Balaban J connectivity index is 2.19. The summed E-state index contributed by atoms with van der Waals surface area (Å²) < 4.78 is 27.4. The first-order valence-electron chi connectivity index (χ1n) is 7.72. The van der Waals surface area contributed by atoms with Crippen molar-refractivity contribution in [3.8, 4) is 0 Å². The van der Waals surface area contributed by atoms with Crippen molar-refractivity contribution < 1.29 is 13.2 Å². The third-order valence-corrected chi connectivity index (χ3v) is 5.38. The average Bonchev–Trinajstić information content (AvgIpc) is 2.34. The molecular formula is C16H25N3O3S.